The minimum Gasteiger partial charge on any atom is -0.872 e. The summed E-state index contributed by atoms with van der Waals surface area (Å²) in [7, 11) is 0. The summed E-state index contributed by atoms with van der Waals surface area (Å²) in [4.78, 5) is 21.6. The number of benzene rings is 2. The van der Waals surface area contributed by atoms with E-state index in [1.54, 1.807) is 18.2 Å². The van der Waals surface area contributed by atoms with Crippen LogP contribution in [0, 0.1) is 10.1 Å². The van der Waals surface area contributed by atoms with Gasteiger partial charge in [0.1, 0.15) is 5.75 Å². The summed E-state index contributed by atoms with van der Waals surface area (Å²) in [5, 5.41) is 25.8. The van der Waals surface area contributed by atoms with Crippen LogP contribution in [0.25, 0.3) is 0 Å². The van der Waals surface area contributed by atoms with Gasteiger partial charge in [0, 0.05) is 16.6 Å². The molecule has 0 aromatic heterocycles. The molecule has 0 radical (unpaired) electrons. The van der Waals surface area contributed by atoms with Gasteiger partial charge in [0.15, 0.2) is 6.61 Å². The van der Waals surface area contributed by atoms with Crippen LogP contribution in [0.2, 0.25) is 0 Å². The third-order valence-electron chi connectivity index (χ3n) is 2.76. The first-order chi connectivity index (χ1) is 11.5. The molecule has 0 saturated carbocycles. The fourth-order valence-electron chi connectivity index (χ4n) is 1.66. The molecule has 0 saturated heterocycles. The number of nitro benzene ring substituents is 1. The van der Waals surface area contributed by atoms with Crippen molar-refractivity contribution in [3.8, 4) is 11.5 Å². The monoisotopic (exact) mass is 392 g/mol. The van der Waals surface area contributed by atoms with Crippen LogP contribution in [0.3, 0.4) is 0 Å². The molecule has 2 aromatic carbocycles. The second kappa shape index (κ2) is 8.06. The molecule has 2 rings (SSSR count). The maximum absolute atomic E-state index is 11.6. The molecule has 0 fully saturated rings. The third-order valence-corrected chi connectivity index (χ3v) is 3.26. The molecule has 2 aromatic rings. The van der Waals surface area contributed by atoms with Crippen LogP contribution in [-0.4, -0.2) is 23.7 Å². The van der Waals surface area contributed by atoms with Crippen LogP contribution >= 0.6 is 15.9 Å². The predicted octanol–water partition coefficient (Wildman–Crippen LogP) is 1.96. The Kier molecular flexibility index (Phi) is 5.85. The van der Waals surface area contributed by atoms with Crippen LogP contribution in [0.15, 0.2) is 52.0 Å². The van der Waals surface area contributed by atoms with Gasteiger partial charge in [0.2, 0.25) is 0 Å². The number of halogens is 1. The van der Waals surface area contributed by atoms with Gasteiger partial charge in [-0.1, -0.05) is 33.8 Å². The van der Waals surface area contributed by atoms with Crippen LogP contribution in [0.1, 0.15) is 5.56 Å². The van der Waals surface area contributed by atoms with Crippen LogP contribution in [0.5, 0.6) is 11.5 Å². The topological polar surface area (TPSA) is 117 Å². The molecule has 8 nitrogen and oxygen atoms in total. The minimum absolute atomic E-state index is 0.00240. The first-order valence-electron chi connectivity index (χ1n) is 6.61. The molecule has 0 unspecified atom stereocenters. The van der Waals surface area contributed by atoms with E-state index in [0.29, 0.717) is 5.75 Å². The number of hydrogen-bond donors (Lipinski definition) is 1. The van der Waals surface area contributed by atoms with Crippen molar-refractivity contribution in [3.63, 3.8) is 0 Å². The van der Waals surface area contributed by atoms with Crippen molar-refractivity contribution in [2.75, 3.05) is 6.61 Å². The van der Waals surface area contributed by atoms with E-state index in [1.807, 2.05) is 6.07 Å². The van der Waals surface area contributed by atoms with Gasteiger partial charge in [0.05, 0.1) is 11.1 Å². The summed E-state index contributed by atoms with van der Waals surface area (Å²) in [6, 6.07) is 10.2. The molecule has 0 aliphatic rings. The number of carbonyl (C=O) groups excluding carboxylic acids is 1. The van der Waals surface area contributed by atoms with Crippen LogP contribution in [-0.2, 0) is 4.79 Å². The van der Waals surface area contributed by atoms with E-state index in [0.717, 1.165) is 28.9 Å². The smallest absolute Gasteiger partial charge is 0.277 e. The van der Waals surface area contributed by atoms with Gasteiger partial charge >= 0.3 is 0 Å². The highest BCUT2D eigenvalue weighted by Crippen LogP contribution is 2.19. The van der Waals surface area contributed by atoms with Crippen molar-refractivity contribution in [2.45, 2.75) is 0 Å². The average Bonchev–Trinajstić information content (AvgIpc) is 2.54. The zero-order chi connectivity index (χ0) is 17.5. The summed E-state index contributed by atoms with van der Waals surface area (Å²) >= 11 is 3.28. The van der Waals surface area contributed by atoms with E-state index < -0.39 is 16.6 Å². The fourth-order valence-corrected chi connectivity index (χ4v) is 2.04. The Labute approximate surface area is 145 Å². The van der Waals surface area contributed by atoms with E-state index in [9.17, 15) is 20.0 Å². The van der Waals surface area contributed by atoms with Crippen LogP contribution in [0.4, 0.5) is 5.69 Å². The highest BCUT2D eigenvalue weighted by molar-refractivity contribution is 9.10. The van der Waals surface area contributed by atoms with Gasteiger partial charge < -0.3 is 9.84 Å². The summed E-state index contributed by atoms with van der Waals surface area (Å²) in [6.07, 6.45) is 1.05. The molecule has 0 heterocycles. The average molecular weight is 393 g/mol. The highest BCUT2D eigenvalue weighted by atomic mass is 79.9. The van der Waals surface area contributed by atoms with Crippen LogP contribution < -0.4 is 15.3 Å². The summed E-state index contributed by atoms with van der Waals surface area (Å²) in [6.45, 7) is -0.271. The van der Waals surface area contributed by atoms with E-state index in [2.05, 4.69) is 26.5 Å². The van der Waals surface area contributed by atoms with E-state index in [4.69, 9.17) is 4.74 Å². The van der Waals surface area contributed by atoms with Crippen molar-refractivity contribution in [1.82, 2.24) is 5.43 Å². The molecule has 124 valence electrons. The number of carbonyl (C=O) groups is 1. The number of hydrogen-bond acceptors (Lipinski definition) is 6. The zero-order valence-electron chi connectivity index (χ0n) is 12.1. The molecular formula is C15H11BrN3O5-. The Morgan fingerprint density at radius 3 is 2.83 bits per heavy atom. The minimum atomic E-state index is -0.624. The van der Waals surface area contributed by atoms with E-state index in [1.165, 1.54) is 0 Å². The predicted molar refractivity (Wildman–Crippen MR) is 87.9 cm³/mol. The second-order valence-electron chi connectivity index (χ2n) is 4.52. The Bertz CT molecular complexity index is 794. The third kappa shape index (κ3) is 5.06. The second-order valence-corrected chi connectivity index (χ2v) is 5.43. The van der Waals surface area contributed by atoms with Gasteiger partial charge in [-0.15, -0.1) is 0 Å². The maximum atomic E-state index is 11.6. The van der Waals surface area contributed by atoms with Crippen molar-refractivity contribution < 1.29 is 19.6 Å². The van der Waals surface area contributed by atoms with Gasteiger partial charge in [0.25, 0.3) is 11.6 Å². The number of nitro groups is 1. The summed E-state index contributed by atoms with van der Waals surface area (Å²) in [5.41, 5.74) is 1.94. The molecule has 0 atom stereocenters. The quantitative estimate of drug-likeness (QED) is 0.458. The fraction of sp³-hybridized carbons (Fsp3) is 0.0667. The first kappa shape index (κ1) is 17.4. The summed E-state index contributed by atoms with van der Waals surface area (Å²) in [5.74, 6) is -0.475. The Balaban J connectivity index is 1.90. The Hall–Kier alpha value is -2.94. The summed E-state index contributed by atoms with van der Waals surface area (Å²) < 4.78 is 6.07. The number of rotatable bonds is 6. The SMILES string of the molecule is O=C(COc1cccc(Br)c1)N/N=C\c1cc([N+](=O)[O-])ccc1[O-]. The Morgan fingerprint density at radius 1 is 1.33 bits per heavy atom. The maximum Gasteiger partial charge on any atom is 0.277 e. The molecule has 9 heteroatoms. The van der Waals surface area contributed by atoms with Crippen molar-refractivity contribution in [3.05, 3.63) is 62.6 Å². The first-order valence-corrected chi connectivity index (χ1v) is 7.41. The molecule has 1 N–H and O–H groups in total. The van der Waals surface area contributed by atoms with E-state index >= 15 is 0 Å². The standard InChI is InChI=1S/C15H12BrN3O5/c16-11-2-1-3-13(7-11)24-9-15(21)18-17-8-10-6-12(19(22)23)4-5-14(10)20/h1-8,20H,9H2,(H,18,21)/p-1/b17-8-. The van der Waals surface area contributed by atoms with Gasteiger partial charge in [-0.05, 0) is 23.8 Å². The molecule has 0 spiro atoms. The van der Waals surface area contributed by atoms with Crippen molar-refractivity contribution in [1.29, 1.82) is 0 Å². The van der Waals surface area contributed by atoms with Crippen molar-refractivity contribution in [2.24, 2.45) is 5.10 Å². The number of nitrogens with one attached hydrogen (secondary N) is 1. The zero-order valence-corrected chi connectivity index (χ0v) is 13.7. The molecular weight excluding hydrogens is 382 g/mol. The largest absolute Gasteiger partial charge is 0.872 e. The molecule has 0 bridgehead atoms. The lowest BCUT2D eigenvalue weighted by Gasteiger charge is -2.08. The number of non-ortho nitro benzene ring substituents is 1. The molecule has 1 amide bonds. The highest BCUT2D eigenvalue weighted by Gasteiger charge is 2.06. The van der Waals surface area contributed by atoms with Gasteiger partial charge in [-0.2, -0.15) is 5.10 Å². The van der Waals surface area contributed by atoms with Crippen molar-refractivity contribution >= 4 is 33.7 Å². The molecule has 0 aliphatic heterocycles. The Morgan fingerprint density at radius 2 is 2.12 bits per heavy atom. The molecule has 24 heavy (non-hydrogen) atoms. The normalized spacial score (nSPS) is 10.5. The van der Waals surface area contributed by atoms with Gasteiger partial charge in [-0.25, -0.2) is 5.43 Å². The lowest BCUT2D eigenvalue weighted by atomic mass is 10.2. The number of ether oxygens (including phenoxy) is 1. The molecule has 0 aliphatic carbocycles. The number of hydrazone groups is 1. The van der Waals surface area contributed by atoms with E-state index in [-0.39, 0.29) is 17.9 Å². The lowest BCUT2D eigenvalue weighted by Crippen LogP contribution is -2.24. The number of amides is 1. The number of nitrogens with zero attached hydrogens (tertiary/aromatic N) is 2. The lowest BCUT2D eigenvalue weighted by molar-refractivity contribution is -0.385. The van der Waals surface area contributed by atoms with Gasteiger partial charge in [-0.3, -0.25) is 14.9 Å².